The molecule has 0 unspecified atom stereocenters. The predicted molar refractivity (Wildman–Crippen MR) is 75.2 cm³/mol. The van der Waals surface area contributed by atoms with E-state index in [-0.39, 0.29) is 11.3 Å². The topological polar surface area (TPSA) is 55.1 Å². The van der Waals surface area contributed by atoms with Crippen molar-refractivity contribution in [2.45, 2.75) is 26.8 Å². The number of rotatable bonds is 2. The lowest BCUT2D eigenvalue weighted by Gasteiger charge is -2.26. The van der Waals surface area contributed by atoms with Crippen LogP contribution in [0, 0.1) is 8.99 Å². The largest absolute Gasteiger partial charge is 0.324 e. The van der Waals surface area contributed by atoms with Crippen molar-refractivity contribution in [3.63, 3.8) is 0 Å². The second kappa shape index (κ2) is 5.14. The van der Waals surface area contributed by atoms with E-state index in [9.17, 15) is 4.79 Å². The van der Waals surface area contributed by atoms with Gasteiger partial charge in [-0.2, -0.15) is 0 Å². The fourth-order valence-corrected chi connectivity index (χ4v) is 1.69. The number of carbonyl (C=O) groups excluding carboxylic acids is 1. The summed E-state index contributed by atoms with van der Waals surface area (Å²) < 4.78 is 1.01. The van der Waals surface area contributed by atoms with Crippen LogP contribution in [-0.2, 0) is 4.79 Å². The summed E-state index contributed by atoms with van der Waals surface area (Å²) in [4.78, 5) is 11.9. The molecule has 0 fully saturated rings. The molecular formula is C12H17IN2O. The van der Waals surface area contributed by atoms with Crippen molar-refractivity contribution in [1.82, 2.24) is 0 Å². The van der Waals surface area contributed by atoms with Crippen molar-refractivity contribution in [3.05, 3.63) is 27.8 Å². The SMILES string of the molecule is CC(C)(C)[C@H](N)C(=O)Nc1ccccc1I. The average molecular weight is 332 g/mol. The molecule has 88 valence electrons. The van der Waals surface area contributed by atoms with Gasteiger partial charge in [0.2, 0.25) is 5.91 Å². The summed E-state index contributed by atoms with van der Waals surface area (Å²) in [5, 5.41) is 2.85. The van der Waals surface area contributed by atoms with Gasteiger partial charge in [-0.1, -0.05) is 32.9 Å². The first-order valence-electron chi connectivity index (χ1n) is 5.13. The van der Waals surface area contributed by atoms with E-state index < -0.39 is 6.04 Å². The van der Waals surface area contributed by atoms with Crippen molar-refractivity contribution < 1.29 is 4.79 Å². The lowest BCUT2D eigenvalue weighted by Crippen LogP contribution is -2.45. The molecule has 0 saturated carbocycles. The number of nitrogens with two attached hydrogens (primary N) is 1. The van der Waals surface area contributed by atoms with Crippen LogP contribution in [0.5, 0.6) is 0 Å². The van der Waals surface area contributed by atoms with Gasteiger partial charge in [0.25, 0.3) is 0 Å². The van der Waals surface area contributed by atoms with Gasteiger partial charge in [-0.05, 0) is 40.1 Å². The molecule has 1 aromatic rings. The average Bonchev–Trinajstić information content (AvgIpc) is 2.19. The highest BCUT2D eigenvalue weighted by atomic mass is 127. The first-order chi connectivity index (χ1) is 7.32. The van der Waals surface area contributed by atoms with Crippen molar-refractivity contribution in [2.75, 3.05) is 5.32 Å². The Morgan fingerprint density at radius 2 is 1.94 bits per heavy atom. The van der Waals surface area contributed by atoms with Crippen molar-refractivity contribution in [2.24, 2.45) is 11.1 Å². The Hall–Kier alpha value is -0.620. The zero-order valence-corrected chi connectivity index (χ0v) is 11.9. The molecule has 3 nitrogen and oxygen atoms in total. The molecule has 0 heterocycles. The summed E-state index contributed by atoms with van der Waals surface area (Å²) in [6, 6.07) is 7.12. The van der Waals surface area contributed by atoms with Crippen LogP contribution in [0.3, 0.4) is 0 Å². The number of amides is 1. The molecule has 0 aliphatic carbocycles. The highest BCUT2D eigenvalue weighted by Crippen LogP contribution is 2.21. The second-order valence-corrected chi connectivity index (χ2v) is 5.97. The fourth-order valence-electron chi connectivity index (χ4n) is 1.17. The van der Waals surface area contributed by atoms with E-state index in [4.69, 9.17) is 5.73 Å². The van der Waals surface area contributed by atoms with E-state index in [1.165, 1.54) is 0 Å². The smallest absolute Gasteiger partial charge is 0.241 e. The van der Waals surface area contributed by atoms with Gasteiger partial charge in [0.05, 0.1) is 11.7 Å². The second-order valence-electron chi connectivity index (χ2n) is 4.81. The van der Waals surface area contributed by atoms with Crippen molar-refractivity contribution >= 4 is 34.2 Å². The van der Waals surface area contributed by atoms with E-state index in [1.54, 1.807) is 0 Å². The number of benzene rings is 1. The Labute approximate surface area is 110 Å². The number of carbonyl (C=O) groups is 1. The van der Waals surface area contributed by atoms with E-state index in [2.05, 4.69) is 27.9 Å². The molecule has 0 saturated heterocycles. The third-order valence-corrected chi connectivity index (χ3v) is 3.29. The molecule has 3 N–H and O–H groups in total. The van der Waals surface area contributed by atoms with Gasteiger partial charge in [-0.15, -0.1) is 0 Å². The molecule has 1 rings (SSSR count). The quantitative estimate of drug-likeness (QED) is 0.818. The standard InChI is InChI=1S/C12H17IN2O/c1-12(2,3)10(14)11(16)15-9-7-5-4-6-8(9)13/h4-7,10H,14H2,1-3H3,(H,15,16)/t10-/m1/s1. The molecule has 1 atom stereocenters. The lowest BCUT2D eigenvalue weighted by atomic mass is 9.87. The summed E-state index contributed by atoms with van der Waals surface area (Å²) in [7, 11) is 0. The van der Waals surface area contributed by atoms with Gasteiger partial charge in [0.1, 0.15) is 0 Å². The molecule has 0 spiro atoms. The van der Waals surface area contributed by atoms with Gasteiger partial charge in [0, 0.05) is 3.57 Å². The summed E-state index contributed by atoms with van der Waals surface area (Å²) in [6.07, 6.45) is 0. The molecular weight excluding hydrogens is 315 g/mol. The van der Waals surface area contributed by atoms with E-state index in [1.807, 2.05) is 45.0 Å². The highest BCUT2D eigenvalue weighted by Gasteiger charge is 2.27. The number of anilines is 1. The first-order valence-corrected chi connectivity index (χ1v) is 6.21. The first kappa shape index (κ1) is 13.4. The maximum absolute atomic E-state index is 11.9. The zero-order valence-electron chi connectivity index (χ0n) is 9.75. The highest BCUT2D eigenvalue weighted by molar-refractivity contribution is 14.1. The van der Waals surface area contributed by atoms with Crippen LogP contribution < -0.4 is 11.1 Å². The lowest BCUT2D eigenvalue weighted by molar-refractivity contribution is -0.119. The van der Waals surface area contributed by atoms with Gasteiger partial charge in [0.15, 0.2) is 0 Å². The molecule has 16 heavy (non-hydrogen) atoms. The Morgan fingerprint density at radius 3 is 2.44 bits per heavy atom. The van der Waals surface area contributed by atoms with Crippen LogP contribution in [-0.4, -0.2) is 11.9 Å². The third kappa shape index (κ3) is 3.45. The normalized spacial score (nSPS) is 13.3. The minimum Gasteiger partial charge on any atom is -0.324 e. The van der Waals surface area contributed by atoms with E-state index in [0.29, 0.717) is 0 Å². The van der Waals surface area contributed by atoms with Crippen LogP contribution in [0.4, 0.5) is 5.69 Å². The van der Waals surface area contributed by atoms with Crippen LogP contribution in [0.25, 0.3) is 0 Å². The van der Waals surface area contributed by atoms with Crippen molar-refractivity contribution in [1.29, 1.82) is 0 Å². The summed E-state index contributed by atoms with van der Waals surface area (Å²) in [6.45, 7) is 5.85. The molecule has 0 radical (unpaired) electrons. The third-order valence-electron chi connectivity index (χ3n) is 2.35. The van der Waals surface area contributed by atoms with Crippen LogP contribution in [0.2, 0.25) is 0 Å². The van der Waals surface area contributed by atoms with Gasteiger partial charge in [-0.25, -0.2) is 0 Å². The van der Waals surface area contributed by atoms with Crippen LogP contribution >= 0.6 is 22.6 Å². The maximum atomic E-state index is 11.9. The zero-order chi connectivity index (χ0) is 12.3. The Kier molecular flexibility index (Phi) is 4.32. The molecule has 1 amide bonds. The summed E-state index contributed by atoms with van der Waals surface area (Å²) in [5.41, 5.74) is 6.46. The van der Waals surface area contributed by atoms with E-state index >= 15 is 0 Å². The van der Waals surface area contributed by atoms with Gasteiger partial charge in [-0.3, -0.25) is 4.79 Å². The predicted octanol–water partition coefficient (Wildman–Crippen LogP) is 2.60. The monoisotopic (exact) mass is 332 g/mol. The summed E-state index contributed by atoms with van der Waals surface area (Å²) in [5.74, 6) is -0.142. The van der Waals surface area contributed by atoms with Gasteiger partial charge < -0.3 is 11.1 Å². The Balaban J connectivity index is 2.76. The van der Waals surface area contributed by atoms with Crippen LogP contribution in [0.1, 0.15) is 20.8 Å². The molecule has 0 aliphatic heterocycles. The Morgan fingerprint density at radius 1 is 1.38 bits per heavy atom. The van der Waals surface area contributed by atoms with E-state index in [0.717, 1.165) is 9.26 Å². The minimum absolute atomic E-state index is 0.142. The minimum atomic E-state index is -0.511. The molecule has 0 aliphatic rings. The number of para-hydroxylation sites is 1. The Bertz CT molecular complexity index is 385. The molecule has 4 heteroatoms. The summed E-state index contributed by atoms with van der Waals surface area (Å²) >= 11 is 2.18. The van der Waals surface area contributed by atoms with Gasteiger partial charge >= 0.3 is 0 Å². The molecule has 0 aromatic heterocycles. The number of hydrogen-bond donors (Lipinski definition) is 2. The maximum Gasteiger partial charge on any atom is 0.241 e. The number of hydrogen-bond acceptors (Lipinski definition) is 2. The number of nitrogens with one attached hydrogen (secondary N) is 1. The fraction of sp³-hybridized carbons (Fsp3) is 0.417. The molecule has 0 bridgehead atoms. The van der Waals surface area contributed by atoms with Crippen molar-refractivity contribution in [3.8, 4) is 0 Å². The molecule has 1 aromatic carbocycles. The van der Waals surface area contributed by atoms with Crippen LogP contribution in [0.15, 0.2) is 24.3 Å². The number of halogens is 1.